The molecule has 3 atom stereocenters. The van der Waals surface area contributed by atoms with Gasteiger partial charge in [0, 0.05) is 0 Å². The Morgan fingerprint density at radius 1 is 1.08 bits per heavy atom. The lowest BCUT2D eigenvalue weighted by Crippen LogP contribution is -2.10. The van der Waals surface area contributed by atoms with Crippen molar-refractivity contribution in [3.8, 4) is 0 Å². The van der Waals surface area contributed by atoms with Crippen molar-refractivity contribution in [1.29, 1.82) is 0 Å². The van der Waals surface area contributed by atoms with E-state index in [1.807, 2.05) is 0 Å². The molecule has 0 aromatic rings. The van der Waals surface area contributed by atoms with Gasteiger partial charge in [-0.25, -0.2) is 0 Å². The third-order valence-corrected chi connectivity index (χ3v) is 3.57. The normalized spacial score (nSPS) is 40.4. The lowest BCUT2D eigenvalue weighted by molar-refractivity contribution is 0.314. The fourth-order valence-corrected chi connectivity index (χ4v) is 3.10. The Bertz CT molecular complexity index is 195. The van der Waals surface area contributed by atoms with Crippen LogP contribution in [-0.2, 0) is 0 Å². The molecule has 0 bridgehead atoms. The zero-order valence-electron chi connectivity index (χ0n) is 8.51. The van der Waals surface area contributed by atoms with Gasteiger partial charge in [-0.15, -0.1) is 0 Å². The lowest BCUT2D eigenvalue weighted by Gasteiger charge is -2.19. The van der Waals surface area contributed by atoms with Crippen LogP contribution < -0.4 is 0 Å². The first-order valence-electron chi connectivity index (χ1n) is 5.26. The van der Waals surface area contributed by atoms with Crippen molar-refractivity contribution in [2.75, 3.05) is 0 Å². The summed E-state index contributed by atoms with van der Waals surface area (Å²) in [7, 11) is 0. The average molecular weight is 164 g/mol. The summed E-state index contributed by atoms with van der Waals surface area (Å²) in [6.07, 6.45) is 8.89. The van der Waals surface area contributed by atoms with Gasteiger partial charge in [0.15, 0.2) is 0 Å². The molecule has 0 radical (unpaired) electrons. The van der Waals surface area contributed by atoms with E-state index in [0.717, 1.165) is 17.8 Å². The van der Waals surface area contributed by atoms with Gasteiger partial charge in [0.1, 0.15) is 0 Å². The number of hydrogen-bond donors (Lipinski definition) is 0. The van der Waals surface area contributed by atoms with Crippen molar-refractivity contribution >= 4 is 0 Å². The minimum absolute atomic E-state index is 0.556. The van der Waals surface area contributed by atoms with Crippen molar-refractivity contribution < 1.29 is 0 Å². The molecular formula is C12H20. The molecule has 2 rings (SSSR count). The molecule has 12 heavy (non-hydrogen) atoms. The van der Waals surface area contributed by atoms with Crippen LogP contribution in [0.2, 0.25) is 0 Å². The van der Waals surface area contributed by atoms with Crippen molar-refractivity contribution in [3.05, 3.63) is 12.2 Å². The molecule has 0 heteroatoms. The zero-order chi connectivity index (χ0) is 8.77. The molecule has 1 fully saturated rings. The van der Waals surface area contributed by atoms with Crippen molar-refractivity contribution in [2.24, 2.45) is 23.2 Å². The Balaban J connectivity index is 2.03. The highest BCUT2D eigenvalue weighted by Gasteiger charge is 2.54. The maximum atomic E-state index is 2.40. The third-order valence-electron chi connectivity index (χ3n) is 3.57. The summed E-state index contributed by atoms with van der Waals surface area (Å²) < 4.78 is 0. The molecule has 0 aromatic carbocycles. The molecule has 0 spiro atoms. The summed E-state index contributed by atoms with van der Waals surface area (Å²) in [6, 6.07) is 0. The van der Waals surface area contributed by atoms with Crippen LogP contribution in [0.1, 0.15) is 40.0 Å². The number of fused-ring (bicyclic) bond motifs is 1. The molecule has 0 saturated heterocycles. The number of rotatable bonds is 0. The highest BCUT2D eigenvalue weighted by Crippen LogP contribution is 2.60. The fourth-order valence-electron chi connectivity index (χ4n) is 3.10. The first-order valence-corrected chi connectivity index (χ1v) is 5.26. The van der Waals surface area contributed by atoms with E-state index in [-0.39, 0.29) is 0 Å². The monoisotopic (exact) mass is 164 g/mol. The van der Waals surface area contributed by atoms with Crippen LogP contribution in [0.3, 0.4) is 0 Å². The van der Waals surface area contributed by atoms with E-state index < -0.39 is 0 Å². The van der Waals surface area contributed by atoms with Crippen LogP contribution in [0, 0.1) is 23.2 Å². The van der Waals surface area contributed by atoms with Crippen LogP contribution in [0.15, 0.2) is 12.2 Å². The Kier molecular flexibility index (Phi) is 1.82. The Hall–Kier alpha value is -0.260. The molecule has 68 valence electrons. The predicted molar refractivity (Wildman–Crippen MR) is 52.9 cm³/mol. The van der Waals surface area contributed by atoms with E-state index in [1.165, 1.54) is 19.3 Å². The van der Waals surface area contributed by atoms with Crippen molar-refractivity contribution in [1.82, 2.24) is 0 Å². The molecule has 0 heterocycles. The molecule has 2 aliphatic rings. The summed E-state index contributed by atoms with van der Waals surface area (Å²) in [4.78, 5) is 0. The predicted octanol–water partition coefficient (Wildman–Crippen LogP) is 3.63. The molecular weight excluding hydrogens is 144 g/mol. The van der Waals surface area contributed by atoms with Crippen LogP contribution >= 0.6 is 0 Å². The van der Waals surface area contributed by atoms with Gasteiger partial charge in [0.05, 0.1) is 0 Å². The zero-order valence-corrected chi connectivity index (χ0v) is 8.51. The van der Waals surface area contributed by atoms with Gasteiger partial charge in [-0.05, 0) is 42.4 Å². The maximum absolute atomic E-state index is 2.40. The van der Waals surface area contributed by atoms with Gasteiger partial charge < -0.3 is 0 Å². The Morgan fingerprint density at radius 2 is 1.83 bits per heavy atom. The third kappa shape index (κ3) is 1.32. The summed E-state index contributed by atoms with van der Waals surface area (Å²) >= 11 is 0. The summed E-state index contributed by atoms with van der Waals surface area (Å²) in [5.74, 6) is 3.10. The maximum Gasteiger partial charge on any atom is -0.0300 e. The SMILES string of the molecule is CC(C)(C)C1C2CC=CCCC21. The summed E-state index contributed by atoms with van der Waals surface area (Å²) in [6.45, 7) is 7.20. The van der Waals surface area contributed by atoms with Crippen LogP contribution in [0.5, 0.6) is 0 Å². The first kappa shape index (κ1) is 8.34. The summed E-state index contributed by atoms with van der Waals surface area (Å²) in [5.41, 5.74) is 0.556. The van der Waals surface area contributed by atoms with E-state index in [4.69, 9.17) is 0 Å². The van der Waals surface area contributed by atoms with E-state index in [1.54, 1.807) is 0 Å². The molecule has 0 amide bonds. The molecule has 1 saturated carbocycles. The minimum Gasteiger partial charge on any atom is -0.0885 e. The Labute approximate surface area is 76.1 Å². The smallest absolute Gasteiger partial charge is 0.0300 e. The quantitative estimate of drug-likeness (QED) is 0.479. The van der Waals surface area contributed by atoms with E-state index >= 15 is 0 Å². The first-order chi connectivity index (χ1) is 5.61. The van der Waals surface area contributed by atoms with Crippen molar-refractivity contribution in [2.45, 2.75) is 40.0 Å². The molecule has 0 aromatic heterocycles. The van der Waals surface area contributed by atoms with Gasteiger partial charge in [0.2, 0.25) is 0 Å². The second-order valence-electron chi connectivity index (χ2n) is 5.50. The molecule has 0 N–H and O–H groups in total. The minimum atomic E-state index is 0.556. The largest absolute Gasteiger partial charge is 0.0885 e. The molecule has 0 aliphatic heterocycles. The van der Waals surface area contributed by atoms with E-state index in [2.05, 4.69) is 32.9 Å². The van der Waals surface area contributed by atoms with Gasteiger partial charge in [-0.1, -0.05) is 32.9 Å². The van der Waals surface area contributed by atoms with Crippen LogP contribution in [0.25, 0.3) is 0 Å². The Morgan fingerprint density at radius 3 is 2.50 bits per heavy atom. The molecule has 2 aliphatic carbocycles. The molecule has 3 unspecified atom stereocenters. The van der Waals surface area contributed by atoms with Gasteiger partial charge >= 0.3 is 0 Å². The fraction of sp³-hybridized carbons (Fsp3) is 0.833. The van der Waals surface area contributed by atoms with Crippen molar-refractivity contribution in [3.63, 3.8) is 0 Å². The lowest BCUT2D eigenvalue weighted by atomic mass is 9.87. The summed E-state index contributed by atoms with van der Waals surface area (Å²) in [5, 5.41) is 0. The highest BCUT2D eigenvalue weighted by atomic mass is 14.6. The molecule has 0 nitrogen and oxygen atoms in total. The average Bonchev–Trinajstić information content (AvgIpc) is 2.54. The standard InChI is InChI=1S/C12H20/c1-12(2,3)11-9-7-5-4-6-8-10(9)11/h4-5,9-11H,6-8H2,1-3H3. The highest BCUT2D eigenvalue weighted by molar-refractivity contribution is 5.08. The van der Waals surface area contributed by atoms with Gasteiger partial charge in [0.25, 0.3) is 0 Å². The van der Waals surface area contributed by atoms with E-state index in [0.29, 0.717) is 5.41 Å². The van der Waals surface area contributed by atoms with Crippen LogP contribution in [-0.4, -0.2) is 0 Å². The number of allylic oxidation sites excluding steroid dienone is 2. The van der Waals surface area contributed by atoms with E-state index in [9.17, 15) is 0 Å². The second kappa shape index (κ2) is 2.61. The number of hydrogen-bond acceptors (Lipinski definition) is 0. The van der Waals surface area contributed by atoms with Crippen LogP contribution in [0.4, 0.5) is 0 Å². The topological polar surface area (TPSA) is 0 Å². The van der Waals surface area contributed by atoms with Gasteiger partial charge in [-0.2, -0.15) is 0 Å². The second-order valence-corrected chi connectivity index (χ2v) is 5.50. The van der Waals surface area contributed by atoms with Gasteiger partial charge in [-0.3, -0.25) is 0 Å².